The van der Waals surface area contributed by atoms with Crippen LogP contribution in [0.5, 0.6) is 5.75 Å². The van der Waals surface area contributed by atoms with Gasteiger partial charge in [0.2, 0.25) is 0 Å². The first-order valence-electron chi connectivity index (χ1n) is 10.3. The number of unbranched alkanes of at least 4 members (excludes halogenated alkanes) is 2. The van der Waals surface area contributed by atoms with Gasteiger partial charge in [0.05, 0.1) is 30.8 Å². The normalized spacial score (nSPS) is 18.5. The van der Waals surface area contributed by atoms with Crippen LogP contribution in [0.3, 0.4) is 0 Å². The van der Waals surface area contributed by atoms with E-state index in [1.54, 1.807) is 12.1 Å². The monoisotopic (exact) mass is 394 g/mol. The molecule has 6 heteroatoms. The lowest BCUT2D eigenvalue weighted by Gasteiger charge is -2.23. The van der Waals surface area contributed by atoms with Gasteiger partial charge in [0, 0.05) is 0 Å². The van der Waals surface area contributed by atoms with Gasteiger partial charge in [-0.05, 0) is 62.8 Å². The number of aromatic hydroxyl groups is 1. The van der Waals surface area contributed by atoms with Crippen molar-refractivity contribution >= 4 is 11.9 Å². The SMILES string of the molecule is CCCCOC(=O)C1CCC(O)CC1.CCCCOC(=O)c1ccc(O)cc1. The number of benzene rings is 1. The Morgan fingerprint density at radius 2 is 1.46 bits per heavy atom. The summed E-state index contributed by atoms with van der Waals surface area (Å²) in [6, 6.07) is 6.03. The molecule has 1 aromatic rings. The van der Waals surface area contributed by atoms with E-state index in [-0.39, 0.29) is 29.7 Å². The van der Waals surface area contributed by atoms with Gasteiger partial charge in [-0.15, -0.1) is 0 Å². The van der Waals surface area contributed by atoms with Crippen molar-refractivity contribution in [2.75, 3.05) is 13.2 Å². The minimum Gasteiger partial charge on any atom is -0.508 e. The number of hydrogen-bond acceptors (Lipinski definition) is 6. The Morgan fingerprint density at radius 3 is 2.00 bits per heavy atom. The van der Waals surface area contributed by atoms with Crippen LogP contribution in [0, 0.1) is 5.92 Å². The molecule has 2 rings (SSSR count). The number of aliphatic hydroxyl groups excluding tert-OH is 1. The predicted octanol–water partition coefficient (Wildman–Crippen LogP) is 4.23. The number of carbonyl (C=O) groups is 2. The maximum Gasteiger partial charge on any atom is 0.338 e. The lowest BCUT2D eigenvalue weighted by atomic mass is 9.87. The Hall–Kier alpha value is -2.08. The van der Waals surface area contributed by atoms with Crippen molar-refractivity contribution in [1.82, 2.24) is 0 Å². The highest BCUT2D eigenvalue weighted by Crippen LogP contribution is 2.25. The van der Waals surface area contributed by atoms with E-state index in [0.717, 1.165) is 51.4 Å². The summed E-state index contributed by atoms with van der Waals surface area (Å²) in [5.41, 5.74) is 0.471. The van der Waals surface area contributed by atoms with Crippen LogP contribution in [0.1, 0.15) is 75.6 Å². The van der Waals surface area contributed by atoms with E-state index in [4.69, 9.17) is 14.6 Å². The van der Waals surface area contributed by atoms with Crippen LogP contribution in [0.25, 0.3) is 0 Å². The summed E-state index contributed by atoms with van der Waals surface area (Å²) < 4.78 is 10.1. The molecule has 0 heterocycles. The van der Waals surface area contributed by atoms with Gasteiger partial charge in [0.15, 0.2) is 0 Å². The zero-order valence-corrected chi connectivity index (χ0v) is 17.1. The highest BCUT2D eigenvalue weighted by Gasteiger charge is 2.26. The molecule has 0 spiro atoms. The number of phenolic OH excluding ortho intramolecular Hbond substituents is 1. The first-order valence-corrected chi connectivity index (χ1v) is 10.3. The molecule has 0 bridgehead atoms. The molecule has 0 amide bonds. The Kier molecular flexibility index (Phi) is 12.0. The predicted molar refractivity (Wildman–Crippen MR) is 107 cm³/mol. The number of ether oxygens (including phenoxy) is 2. The third kappa shape index (κ3) is 9.74. The van der Waals surface area contributed by atoms with Gasteiger partial charge in [0.25, 0.3) is 0 Å². The summed E-state index contributed by atoms with van der Waals surface area (Å²) in [7, 11) is 0. The molecular formula is C22H34O6. The molecule has 1 aliphatic rings. The van der Waals surface area contributed by atoms with E-state index < -0.39 is 0 Å². The van der Waals surface area contributed by atoms with Gasteiger partial charge >= 0.3 is 11.9 Å². The lowest BCUT2D eigenvalue weighted by Crippen LogP contribution is -2.26. The summed E-state index contributed by atoms with van der Waals surface area (Å²) >= 11 is 0. The second kappa shape index (κ2) is 14.0. The Labute approximate surface area is 167 Å². The smallest absolute Gasteiger partial charge is 0.338 e. The number of carbonyl (C=O) groups excluding carboxylic acids is 2. The van der Waals surface area contributed by atoms with E-state index in [9.17, 15) is 14.7 Å². The molecule has 28 heavy (non-hydrogen) atoms. The Balaban J connectivity index is 0.000000280. The molecule has 0 unspecified atom stereocenters. The summed E-state index contributed by atoms with van der Waals surface area (Å²) in [5, 5.41) is 18.3. The van der Waals surface area contributed by atoms with Crippen molar-refractivity contribution in [2.24, 2.45) is 5.92 Å². The quantitative estimate of drug-likeness (QED) is 0.506. The maximum absolute atomic E-state index is 11.5. The van der Waals surface area contributed by atoms with Crippen molar-refractivity contribution < 1.29 is 29.3 Å². The fourth-order valence-electron chi connectivity index (χ4n) is 2.74. The molecule has 1 aliphatic carbocycles. The van der Waals surface area contributed by atoms with E-state index >= 15 is 0 Å². The van der Waals surface area contributed by atoms with Crippen molar-refractivity contribution in [3.8, 4) is 5.75 Å². The van der Waals surface area contributed by atoms with E-state index in [1.165, 1.54) is 12.1 Å². The van der Waals surface area contributed by atoms with Crippen LogP contribution >= 0.6 is 0 Å². The molecule has 0 atom stereocenters. The van der Waals surface area contributed by atoms with Crippen molar-refractivity contribution in [2.45, 2.75) is 71.3 Å². The number of esters is 2. The molecule has 1 aromatic carbocycles. The van der Waals surface area contributed by atoms with E-state index in [2.05, 4.69) is 6.92 Å². The standard InChI is InChI=1S/C11H20O3.C11H14O3/c2*1-2-3-8-14-11(13)9-4-6-10(12)7-5-9/h9-10,12H,2-8H2,1H3;4-7,12H,2-3,8H2,1H3. The van der Waals surface area contributed by atoms with Gasteiger partial charge in [-0.2, -0.15) is 0 Å². The van der Waals surface area contributed by atoms with Gasteiger partial charge in [-0.3, -0.25) is 4.79 Å². The summed E-state index contributed by atoms with van der Waals surface area (Å²) in [6.07, 6.45) is 6.73. The lowest BCUT2D eigenvalue weighted by molar-refractivity contribution is -0.150. The van der Waals surface area contributed by atoms with Crippen molar-refractivity contribution in [3.63, 3.8) is 0 Å². The fraction of sp³-hybridized carbons (Fsp3) is 0.636. The van der Waals surface area contributed by atoms with Crippen LogP contribution in [-0.2, 0) is 14.3 Å². The highest BCUT2D eigenvalue weighted by molar-refractivity contribution is 5.89. The van der Waals surface area contributed by atoms with Crippen LogP contribution in [0.15, 0.2) is 24.3 Å². The Morgan fingerprint density at radius 1 is 0.929 bits per heavy atom. The molecular weight excluding hydrogens is 360 g/mol. The minimum atomic E-state index is -0.335. The molecule has 1 saturated carbocycles. The van der Waals surface area contributed by atoms with Crippen LogP contribution < -0.4 is 0 Å². The zero-order chi connectivity index (χ0) is 20.8. The Bertz CT molecular complexity index is 561. The molecule has 1 fully saturated rings. The number of phenols is 1. The first-order chi connectivity index (χ1) is 13.5. The highest BCUT2D eigenvalue weighted by atomic mass is 16.5. The van der Waals surface area contributed by atoms with E-state index in [1.807, 2.05) is 6.92 Å². The van der Waals surface area contributed by atoms with Gasteiger partial charge < -0.3 is 19.7 Å². The van der Waals surface area contributed by atoms with Crippen molar-refractivity contribution in [3.05, 3.63) is 29.8 Å². The van der Waals surface area contributed by atoms with Crippen LogP contribution in [0.2, 0.25) is 0 Å². The molecule has 6 nitrogen and oxygen atoms in total. The summed E-state index contributed by atoms with van der Waals surface area (Å²) in [4.78, 5) is 22.8. The molecule has 0 aliphatic heterocycles. The number of hydrogen-bond donors (Lipinski definition) is 2. The third-order valence-corrected chi connectivity index (χ3v) is 4.61. The third-order valence-electron chi connectivity index (χ3n) is 4.61. The maximum atomic E-state index is 11.5. The van der Waals surface area contributed by atoms with Crippen LogP contribution in [0.4, 0.5) is 0 Å². The first kappa shape index (κ1) is 24.0. The largest absolute Gasteiger partial charge is 0.508 e. The average molecular weight is 395 g/mol. The molecule has 158 valence electrons. The molecule has 0 aromatic heterocycles. The van der Waals surface area contributed by atoms with Crippen LogP contribution in [-0.4, -0.2) is 41.5 Å². The van der Waals surface area contributed by atoms with Crippen molar-refractivity contribution in [1.29, 1.82) is 0 Å². The fourth-order valence-corrected chi connectivity index (χ4v) is 2.74. The van der Waals surface area contributed by atoms with Gasteiger partial charge in [-0.25, -0.2) is 4.79 Å². The number of rotatable bonds is 8. The summed E-state index contributed by atoms with van der Waals surface area (Å²) in [6.45, 7) is 5.11. The second-order valence-electron chi connectivity index (χ2n) is 7.06. The van der Waals surface area contributed by atoms with Gasteiger partial charge in [0.1, 0.15) is 5.75 Å². The molecule has 0 saturated heterocycles. The average Bonchev–Trinajstić information content (AvgIpc) is 2.70. The summed E-state index contributed by atoms with van der Waals surface area (Å²) in [5.74, 6) is -0.214. The minimum absolute atomic E-state index is 0.0373. The molecule has 2 N–H and O–H groups in total. The second-order valence-corrected chi connectivity index (χ2v) is 7.06. The van der Waals surface area contributed by atoms with Gasteiger partial charge in [-0.1, -0.05) is 26.7 Å². The topological polar surface area (TPSA) is 93.1 Å². The number of aliphatic hydroxyl groups is 1. The van der Waals surface area contributed by atoms with E-state index in [0.29, 0.717) is 18.8 Å². The zero-order valence-electron chi connectivity index (χ0n) is 17.1. The molecule has 0 radical (unpaired) electrons.